The van der Waals surface area contributed by atoms with Crippen molar-refractivity contribution in [2.75, 3.05) is 13.1 Å². The van der Waals surface area contributed by atoms with E-state index in [0.29, 0.717) is 0 Å². The minimum absolute atomic E-state index is 0.351. The molecule has 2 heteroatoms. The van der Waals surface area contributed by atoms with E-state index in [4.69, 9.17) is 0 Å². The van der Waals surface area contributed by atoms with Crippen molar-refractivity contribution in [1.29, 1.82) is 0 Å². The summed E-state index contributed by atoms with van der Waals surface area (Å²) in [5, 5.41) is 10.4. The third kappa shape index (κ3) is 3.08. The maximum absolute atomic E-state index is 10.4. The molecule has 0 spiro atoms. The van der Waals surface area contributed by atoms with Gasteiger partial charge in [-0.1, -0.05) is 30.7 Å². The van der Waals surface area contributed by atoms with Crippen molar-refractivity contribution < 1.29 is 5.11 Å². The molecular formula is C15H23NO. The Bertz CT molecular complexity index is 385. The van der Waals surface area contributed by atoms with E-state index in [1.54, 1.807) is 0 Å². The van der Waals surface area contributed by atoms with Crippen LogP contribution in [0.2, 0.25) is 0 Å². The Morgan fingerprint density at radius 2 is 2.06 bits per heavy atom. The summed E-state index contributed by atoms with van der Waals surface area (Å²) in [6.45, 7) is 8.13. The van der Waals surface area contributed by atoms with Crippen LogP contribution in [-0.2, 0) is 0 Å². The Morgan fingerprint density at radius 3 is 2.65 bits per heavy atom. The van der Waals surface area contributed by atoms with Crippen molar-refractivity contribution in [3.63, 3.8) is 0 Å². The molecule has 2 nitrogen and oxygen atoms in total. The second-order valence-electron chi connectivity index (χ2n) is 5.19. The van der Waals surface area contributed by atoms with E-state index in [-0.39, 0.29) is 6.10 Å². The van der Waals surface area contributed by atoms with Gasteiger partial charge in [0.05, 0.1) is 6.10 Å². The summed E-state index contributed by atoms with van der Waals surface area (Å²) in [6, 6.07) is 7.03. The van der Waals surface area contributed by atoms with E-state index >= 15 is 0 Å². The molecule has 0 saturated heterocycles. The molecule has 94 valence electrons. The lowest BCUT2D eigenvalue weighted by Gasteiger charge is -2.24. The largest absolute Gasteiger partial charge is 0.387 e. The van der Waals surface area contributed by atoms with Crippen molar-refractivity contribution in [1.82, 2.24) is 4.90 Å². The standard InChI is InChI=1S/C15H23NO/c1-4-16(13-7-8-13)10-15(17)14-9-11(2)5-6-12(14)3/h5-6,9,13,15,17H,4,7-8,10H2,1-3H3. The van der Waals surface area contributed by atoms with Crippen LogP contribution in [0.25, 0.3) is 0 Å². The smallest absolute Gasteiger partial charge is 0.0919 e. The number of benzene rings is 1. The SMILES string of the molecule is CCN(CC(O)c1cc(C)ccc1C)C1CC1. The van der Waals surface area contributed by atoms with Gasteiger partial charge in [-0.05, 0) is 44.4 Å². The molecule has 0 aromatic heterocycles. The molecule has 1 aliphatic rings. The number of aryl methyl sites for hydroxylation is 2. The average Bonchev–Trinajstić information content (AvgIpc) is 3.13. The molecule has 1 unspecified atom stereocenters. The minimum atomic E-state index is -0.351. The highest BCUT2D eigenvalue weighted by Crippen LogP contribution is 2.29. The van der Waals surface area contributed by atoms with E-state index in [9.17, 15) is 5.11 Å². The Balaban J connectivity index is 2.07. The first-order valence-electron chi connectivity index (χ1n) is 6.61. The van der Waals surface area contributed by atoms with Gasteiger partial charge in [0, 0.05) is 12.6 Å². The second-order valence-corrected chi connectivity index (χ2v) is 5.19. The highest BCUT2D eigenvalue weighted by atomic mass is 16.3. The summed E-state index contributed by atoms with van der Waals surface area (Å²) >= 11 is 0. The molecule has 1 aromatic rings. The van der Waals surface area contributed by atoms with Gasteiger partial charge in [-0.25, -0.2) is 0 Å². The monoisotopic (exact) mass is 233 g/mol. The zero-order chi connectivity index (χ0) is 12.4. The first kappa shape index (κ1) is 12.6. The lowest BCUT2D eigenvalue weighted by atomic mass is 10.0. The molecule has 17 heavy (non-hydrogen) atoms. The highest BCUT2D eigenvalue weighted by molar-refractivity contribution is 5.32. The number of hydrogen-bond donors (Lipinski definition) is 1. The fourth-order valence-electron chi connectivity index (χ4n) is 2.42. The predicted octanol–water partition coefficient (Wildman–Crippen LogP) is 2.82. The summed E-state index contributed by atoms with van der Waals surface area (Å²) < 4.78 is 0. The molecule has 0 bridgehead atoms. The van der Waals surface area contributed by atoms with E-state index < -0.39 is 0 Å². The van der Waals surface area contributed by atoms with Crippen LogP contribution in [0, 0.1) is 13.8 Å². The molecule has 0 amide bonds. The Hall–Kier alpha value is -0.860. The third-order valence-corrected chi connectivity index (χ3v) is 3.67. The van der Waals surface area contributed by atoms with Crippen LogP contribution in [-0.4, -0.2) is 29.1 Å². The Kier molecular flexibility index (Phi) is 3.85. The van der Waals surface area contributed by atoms with Crippen molar-refractivity contribution in [2.45, 2.75) is 45.8 Å². The fraction of sp³-hybridized carbons (Fsp3) is 0.600. The average molecular weight is 233 g/mol. The highest BCUT2D eigenvalue weighted by Gasteiger charge is 2.29. The fourth-order valence-corrected chi connectivity index (χ4v) is 2.42. The minimum Gasteiger partial charge on any atom is -0.387 e. The zero-order valence-electron chi connectivity index (χ0n) is 11.1. The van der Waals surface area contributed by atoms with E-state index in [1.165, 1.54) is 24.0 Å². The normalized spacial score (nSPS) is 17.5. The second kappa shape index (κ2) is 5.19. The molecule has 1 fully saturated rings. The van der Waals surface area contributed by atoms with Crippen LogP contribution in [0.1, 0.15) is 42.6 Å². The summed E-state index contributed by atoms with van der Waals surface area (Å²) in [5.74, 6) is 0. The van der Waals surface area contributed by atoms with Crippen molar-refractivity contribution >= 4 is 0 Å². The number of rotatable bonds is 5. The molecule has 2 rings (SSSR count). The van der Waals surface area contributed by atoms with Gasteiger partial charge >= 0.3 is 0 Å². The molecular weight excluding hydrogens is 210 g/mol. The lowest BCUT2D eigenvalue weighted by Crippen LogP contribution is -2.30. The molecule has 1 aromatic carbocycles. The van der Waals surface area contributed by atoms with Crippen LogP contribution in [0.5, 0.6) is 0 Å². The summed E-state index contributed by atoms with van der Waals surface area (Å²) in [5.41, 5.74) is 3.50. The number of likely N-dealkylation sites (N-methyl/N-ethyl adjacent to an activating group) is 1. The van der Waals surface area contributed by atoms with Gasteiger partial charge in [-0.2, -0.15) is 0 Å². The van der Waals surface area contributed by atoms with Crippen LogP contribution < -0.4 is 0 Å². The maximum Gasteiger partial charge on any atom is 0.0919 e. The molecule has 0 radical (unpaired) electrons. The molecule has 1 saturated carbocycles. The maximum atomic E-state index is 10.4. The van der Waals surface area contributed by atoms with Crippen LogP contribution in [0.15, 0.2) is 18.2 Å². The number of nitrogens with zero attached hydrogens (tertiary/aromatic N) is 1. The molecule has 1 atom stereocenters. The van der Waals surface area contributed by atoms with E-state index in [1.807, 2.05) is 0 Å². The molecule has 1 N–H and O–H groups in total. The van der Waals surface area contributed by atoms with Crippen LogP contribution in [0.3, 0.4) is 0 Å². The summed E-state index contributed by atoms with van der Waals surface area (Å²) in [4.78, 5) is 2.40. The van der Waals surface area contributed by atoms with Gasteiger partial charge < -0.3 is 5.11 Å². The third-order valence-electron chi connectivity index (χ3n) is 3.67. The van der Waals surface area contributed by atoms with Crippen molar-refractivity contribution in [3.05, 3.63) is 34.9 Å². The molecule has 0 heterocycles. The van der Waals surface area contributed by atoms with Gasteiger partial charge in [0.2, 0.25) is 0 Å². The topological polar surface area (TPSA) is 23.5 Å². The van der Waals surface area contributed by atoms with E-state index in [0.717, 1.165) is 24.7 Å². The lowest BCUT2D eigenvalue weighted by molar-refractivity contribution is 0.111. The first-order valence-corrected chi connectivity index (χ1v) is 6.61. The van der Waals surface area contributed by atoms with Gasteiger partial charge in [0.1, 0.15) is 0 Å². The number of aliphatic hydroxyl groups is 1. The van der Waals surface area contributed by atoms with Gasteiger partial charge in [0.25, 0.3) is 0 Å². The van der Waals surface area contributed by atoms with Gasteiger partial charge in [-0.3, -0.25) is 4.90 Å². The van der Waals surface area contributed by atoms with Crippen molar-refractivity contribution in [2.24, 2.45) is 0 Å². The zero-order valence-corrected chi connectivity index (χ0v) is 11.1. The molecule has 0 aliphatic heterocycles. The van der Waals surface area contributed by atoms with Crippen molar-refractivity contribution in [3.8, 4) is 0 Å². The van der Waals surface area contributed by atoms with E-state index in [2.05, 4.69) is 43.9 Å². The summed E-state index contributed by atoms with van der Waals surface area (Å²) in [6.07, 6.45) is 2.25. The summed E-state index contributed by atoms with van der Waals surface area (Å²) in [7, 11) is 0. The predicted molar refractivity (Wildman–Crippen MR) is 71.1 cm³/mol. The Labute approximate surface area is 104 Å². The molecule has 1 aliphatic carbocycles. The van der Waals surface area contributed by atoms with Gasteiger partial charge in [-0.15, -0.1) is 0 Å². The number of aliphatic hydroxyl groups excluding tert-OH is 1. The van der Waals surface area contributed by atoms with Gasteiger partial charge in [0.15, 0.2) is 0 Å². The van der Waals surface area contributed by atoms with Crippen LogP contribution >= 0.6 is 0 Å². The first-order chi connectivity index (χ1) is 8.11. The van der Waals surface area contributed by atoms with Crippen LogP contribution in [0.4, 0.5) is 0 Å². The Morgan fingerprint density at radius 1 is 1.35 bits per heavy atom. The quantitative estimate of drug-likeness (QED) is 0.845. The number of hydrogen-bond acceptors (Lipinski definition) is 2.